The Morgan fingerprint density at radius 2 is 1.65 bits per heavy atom. The van der Waals surface area contributed by atoms with Gasteiger partial charge >= 0.3 is 0 Å². The summed E-state index contributed by atoms with van der Waals surface area (Å²) < 4.78 is 5.28. The van der Waals surface area contributed by atoms with E-state index < -0.39 is 0 Å². The van der Waals surface area contributed by atoms with Crippen LogP contribution in [-0.4, -0.2) is 55.1 Å². The molecule has 0 atom stereocenters. The van der Waals surface area contributed by atoms with Gasteiger partial charge < -0.3 is 9.64 Å². The van der Waals surface area contributed by atoms with E-state index >= 15 is 0 Å². The Morgan fingerprint density at radius 3 is 2.30 bits per heavy atom. The van der Waals surface area contributed by atoms with Crippen molar-refractivity contribution in [2.75, 3.05) is 39.4 Å². The second-order valence-corrected chi connectivity index (χ2v) is 5.58. The van der Waals surface area contributed by atoms with Crippen molar-refractivity contribution in [3.8, 4) is 0 Å². The molecule has 20 heavy (non-hydrogen) atoms. The van der Waals surface area contributed by atoms with Crippen molar-refractivity contribution < 1.29 is 9.53 Å². The summed E-state index contributed by atoms with van der Waals surface area (Å²) in [7, 11) is 0. The summed E-state index contributed by atoms with van der Waals surface area (Å²) in [6.45, 7) is 6.12. The van der Waals surface area contributed by atoms with Crippen molar-refractivity contribution in [2.45, 2.75) is 19.4 Å². The summed E-state index contributed by atoms with van der Waals surface area (Å²) >= 11 is 0. The van der Waals surface area contributed by atoms with Crippen LogP contribution in [0.4, 0.5) is 0 Å². The number of likely N-dealkylation sites (tertiary alicyclic amines) is 1. The Morgan fingerprint density at radius 1 is 1.00 bits per heavy atom. The fraction of sp³-hybridized carbons (Fsp3) is 0.562. The van der Waals surface area contributed by atoms with Gasteiger partial charge in [0.15, 0.2) is 0 Å². The maximum Gasteiger partial charge on any atom is 0.254 e. The van der Waals surface area contributed by atoms with Gasteiger partial charge in [-0.25, -0.2) is 0 Å². The minimum Gasteiger partial charge on any atom is -0.378 e. The molecular weight excluding hydrogens is 252 g/mol. The number of carbonyl (C=O) groups is 1. The van der Waals surface area contributed by atoms with Crippen LogP contribution in [0.5, 0.6) is 0 Å². The number of hydrogen-bond donors (Lipinski definition) is 0. The molecule has 4 heteroatoms. The summed E-state index contributed by atoms with van der Waals surface area (Å²) in [5.74, 6) is 0.126. The summed E-state index contributed by atoms with van der Waals surface area (Å²) in [5, 5.41) is 0. The van der Waals surface area contributed by atoms with E-state index in [2.05, 4.69) is 17.0 Å². The van der Waals surface area contributed by atoms with Crippen LogP contribution < -0.4 is 0 Å². The van der Waals surface area contributed by atoms with Crippen LogP contribution in [-0.2, 0) is 11.3 Å². The van der Waals surface area contributed by atoms with Crippen molar-refractivity contribution in [3.63, 3.8) is 0 Å². The number of rotatable bonds is 3. The van der Waals surface area contributed by atoms with Crippen molar-refractivity contribution in [3.05, 3.63) is 35.4 Å². The van der Waals surface area contributed by atoms with Crippen LogP contribution in [0.2, 0.25) is 0 Å². The normalized spacial score (nSPS) is 20.3. The lowest BCUT2D eigenvalue weighted by Crippen LogP contribution is -2.40. The van der Waals surface area contributed by atoms with E-state index in [9.17, 15) is 4.79 Å². The van der Waals surface area contributed by atoms with Gasteiger partial charge in [0.2, 0.25) is 0 Å². The summed E-state index contributed by atoms with van der Waals surface area (Å²) in [6.07, 6.45) is 2.63. The number of nitrogens with zero attached hydrogens (tertiary/aromatic N) is 2. The smallest absolute Gasteiger partial charge is 0.254 e. The number of ether oxygens (including phenoxy) is 1. The largest absolute Gasteiger partial charge is 0.378 e. The minimum absolute atomic E-state index is 0.126. The zero-order valence-corrected chi connectivity index (χ0v) is 11.9. The fourth-order valence-corrected chi connectivity index (χ4v) is 2.90. The molecule has 1 aromatic carbocycles. The standard InChI is InChI=1S/C16H22N2O2/c19-16(18-9-11-20-12-10-18)15-5-3-14(4-6-15)13-17-7-1-2-8-17/h3-6H,1-2,7-13H2. The Labute approximate surface area is 120 Å². The van der Waals surface area contributed by atoms with Gasteiger partial charge in [0, 0.05) is 25.2 Å². The number of benzene rings is 1. The Kier molecular flexibility index (Phi) is 4.33. The molecular formula is C16H22N2O2. The number of morpholine rings is 1. The average molecular weight is 274 g/mol. The molecule has 2 heterocycles. The molecule has 0 unspecified atom stereocenters. The van der Waals surface area contributed by atoms with Gasteiger partial charge in [0.05, 0.1) is 13.2 Å². The summed E-state index contributed by atoms with van der Waals surface area (Å²) in [5.41, 5.74) is 2.09. The number of amides is 1. The topological polar surface area (TPSA) is 32.8 Å². The highest BCUT2D eigenvalue weighted by atomic mass is 16.5. The first-order chi connectivity index (χ1) is 9.83. The molecule has 0 bridgehead atoms. The van der Waals surface area contributed by atoms with Crippen molar-refractivity contribution in [1.29, 1.82) is 0 Å². The minimum atomic E-state index is 0.126. The van der Waals surface area contributed by atoms with E-state index in [1.807, 2.05) is 17.0 Å². The van der Waals surface area contributed by atoms with E-state index in [0.717, 1.165) is 12.1 Å². The molecule has 2 aliphatic rings. The van der Waals surface area contributed by atoms with Crippen LogP contribution >= 0.6 is 0 Å². The van der Waals surface area contributed by atoms with E-state index in [4.69, 9.17) is 4.74 Å². The SMILES string of the molecule is O=C(c1ccc(CN2CCCC2)cc1)N1CCOCC1. The lowest BCUT2D eigenvalue weighted by atomic mass is 10.1. The highest BCUT2D eigenvalue weighted by Crippen LogP contribution is 2.14. The molecule has 2 saturated heterocycles. The first-order valence-electron chi connectivity index (χ1n) is 7.51. The lowest BCUT2D eigenvalue weighted by Gasteiger charge is -2.27. The quantitative estimate of drug-likeness (QED) is 0.842. The van der Waals surface area contributed by atoms with Gasteiger partial charge in [-0.3, -0.25) is 9.69 Å². The average Bonchev–Trinajstić information content (AvgIpc) is 3.01. The van der Waals surface area contributed by atoms with Gasteiger partial charge in [-0.15, -0.1) is 0 Å². The predicted molar refractivity (Wildman–Crippen MR) is 77.7 cm³/mol. The van der Waals surface area contributed by atoms with Crippen LogP contribution in [0.3, 0.4) is 0 Å². The zero-order valence-electron chi connectivity index (χ0n) is 11.9. The second-order valence-electron chi connectivity index (χ2n) is 5.58. The molecule has 2 fully saturated rings. The molecule has 0 aliphatic carbocycles. The van der Waals surface area contributed by atoms with E-state index in [1.165, 1.54) is 31.5 Å². The molecule has 1 amide bonds. The van der Waals surface area contributed by atoms with E-state index in [-0.39, 0.29) is 5.91 Å². The van der Waals surface area contributed by atoms with Crippen molar-refractivity contribution >= 4 is 5.91 Å². The molecule has 1 aromatic rings. The van der Waals surface area contributed by atoms with E-state index in [1.54, 1.807) is 0 Å². The third-order valence-electron chi connectivity index (χ3n) is 4.10. The molecule has 0 N–H and O–H groups in total. The van der Waals surface area contributed by atoms with Crippen molar-refractivity contribution in [1.82, 2.24) is 9.80 Å². The Bertz CT molecular complexity index is 446. The first kappa shape index (κ1) is 13.6. The van der Waals surface area contributed by atoms with Gasteiger partial charge in [-0.05, 0) is 43.6 Å². The van der Waals surface area contributed by atoms with Gasteiger partial charge in [0.25, 0.3) is 5.91 Å². The van der Waals surface area contributed by atoms with Crippen LogP contribution in [0.15, 0.2) is 24.3 Å². The molecule has 4 nitrogen and oxygen atoms in total. The third-order valence-corrected chi connectivity index (χ3v) is 4.10. The molecule has 2 aliphatic heterocycles. The van der Waals surface area contributed by atoms with Crippen LogP contribution in [0.1, 0.15) is 28.8 Å². The highest BCUT2D eigenvalue weighted by Gasteiger charge is 2.18. The molecule has 0 aromatic heterocycles. The molecule has 3 rings (SSSR count). The van der Waals surface area contributed by atoms with Crippen LogP contribution in [0.25, 0.3) is 0 Å². The molecule has 0 saturated carbocycles. The lowest BCUT2D eigenvalue weighted by molar-refractivity contribution is 0.0303. The Hall–Kier alpha value is -1.39. The molecule has 108 valence electrons. The number of hydrogen-bond acceptors (Lipinski definition) is 3. The van der Waals surface area contributed by atoms with Crippen molar-refractivity contribution in [2.24, 2.45) is 0 Å². The molecule has 0 radical (unpaired) electrons. The van der Waals surface area contributed by atoms with Gasteiger partial charge in [0.1, 0.15) is 0 Å². The zero-order chi connectivity index (χ0) is 13.8. The summed E-state index contributed by atoms with van der Waals surface area (Å²) in [4.78, 5) is 16.7. The number of carbonyl (C=O) groups excluding carboxylic acids is 1. The summed E-state index contributed by atoms with van der Waals surface area (Å²) in [6, 6.07) is 8.10. The first-order valence-corrected chi connectivity index (χ1v) is 7.51. The molecule has 0 spiro atoms. The maximum atomic E-state index is 12.3. The third kappa shape index (κ3) is 3.19. The van der Waals surface area contributed by atoms with Gasteiger partial charge in [-0.2, -0.15) is 0 Å². The fourth-order valence-electron chi connectivity index (χ4n) is 2.90. The van der Waals surface area contributed by atoms with Gasteiger partial charge in [-0.1, -0.05) is 12.1 Å². The Balaban J connectivity index is 1.61. The second kappa shape index (κ2) is 6.37. The van der Waals surface area contributed by atoms with Crippen LogP contribution in [0, 0.1) is 0 Å². The monoisotopic (exact) mass is 274 g/mol. The highest BCUT2D eigenvalue weighted by molar-refractivity contribution is 5.94. The predicted octanol–water partition coefficient (Wildman–Crippen LogP) is 1.75. The maximum absolute atomic E-state index is 12.3. The van der Waals surface area contributed by atoms with E-state index in [0.29, 0.717) is 26.3 Å².